The van der Waals surface area contributed by atoms with Gasteiger partial charge in [-0.2, -0.15) is 5.10 Å². The summed E-state index contributed by atoms with van der Waals surface area (Å²) in [6, 6.07) is 2.77. The number of halogens is 1. The first-order valence-electron chi connectivity index (χ1n) is 5.69. The Kier molecular flexibility index (Phi) is 3.74. The summed E-state index contributed by atoms with van der Waals surface area (Å²) < 4.78 is 15.5. The van der Waals surface area contributed by atoms with Gasteiger partial charge in [0.1, 0.15) is 5.56 Å². The number of hydrogen-bond acceptors (Lipinski definition) is 4. The molecule has 0 spiro atoms. The number of carboxylic acids is 1. The number of nitrogens with zero attached hydrogens (tertiary/aromatic N) is 3. The van der Waals surface area contributed by atoms with Gasteiger partial charge >= 0.3 is 5.97 Å². The van der Waals surface area contributed by atoms with E-state index in [2.05, 4.69) is 15.4 Å². The molecule has 0 radical (unpaired) electrons. The Hall–Kier alpha value is -2.44. The van der Waals surface area contributed by atoms with E-state index in [1.165, 1.54) is 6.20 Å². The van der Waals surface area contributed by atoms with E-state index in [0.717, 1.165) is 6.07 Å². The quantitative estimate of drug-likeness (QED) is 0.857. The molecule has 0 aliphatic rings. The molecule has 2 heterocycles. The van der Waals surface area contributed by atoms with Crippen molar-refractivity contribution in [1.29, 1.82) is 0 Å². The molecule has 0 saturated heterocycles. The van der Waals surface area contributed by atoms with Crippen molar-refractivity contribution in [3.05, 3.63) is 42.1 Å². The molecule has 1 atom stereocenters. The maximum atomic E-state index is 13.8. The molecule has 1 unspecified atom stereocenters. The predicted octanol–water partition coefficient (Wildman–Crippen LogP) is 1.62. The molecule has 7 heteroatoms. The number of hydrogen-bond donors (Lipinski definition) is 2. The molecule has 100 valence electrons. The zero-order chi connectivity index (χ0) is 13.8. The van der Waals surface area contributed by atoms with Crippen LogP contribution in [0, 0.1) is 5.82 Å². The molecule has 0 aromatic carbocycles. The molecular weight excluding hydrogens is 251 g/mol. The average molecular weight is 264 g/mol. The van der Waals surface area contributed by atoms with Crippen LogP contribution in [-0.4, -0.2) is 31.9 Å². The van der Waals surface area contributed by atoms with Crippen molar-refractivity contribution in [1.82, 2.24) is 14.8 Å². The van der Waals surface area contributed by atoms with Gasteiger partial charge in [-0.3, -0.25) is 4.68 Å². The van der Waals surface area contributed by atoms with Crippen molar-refractivity contribution >= 4 is 11.8 Å². The van der Waals surface area contributed by atoms with Gasteiger partial charge in [0.25, 0.3) is 0 Å². The van der Waals surface area contributed by atoms with Crippen LogP contribution in [0.2, 0.25) is 0 Å². The van der Waals surface area contributed by atoms with Crippen molar-refractivity contribution in [2.24, 2.45) is 0 Å². The molecular formula is C12H13FN4O2. The van der Waals surface area contributed by atoms with Gasteiger partial charge in [0.15, 0.2) is 11.6 Å². The van der Waals surface area contributed by atoms with Crippen LogP contribution in [0.5, 0.6) is 0 Å². The minimum atomic E-state index is -1.32. The maximum Gasteiger partial charge on any atom is 0.338 e. The number of nitrogens with one attached hydrogen (secondary N) is 1. The molecule has 0 saturated carbocycles. The Morgan fingerprint density at radius 2 is 2.37 bits per heavy atom. The fraction of sp³-hybridized carbons (Fsp3) is 0.250. The lowest BCUT2D eigenvalue weighted by molar-refractivity contribution is 0.0692. The largest absolute Gasteiger partial charge is 0.478 e. The third kappa shape index (κ3) is 3.06. The first kappa shape index (κ1) is 13.0. The van der Waals surface area contributed by atoms with Crippen LogP contribution in [0.15, 0.2) is 30.7 Å². The van der Waals surface area contributed by atoms with Gasteiger partial charge in [0.2, 0.25) is 0 Å². The minimum absolute atomic E-state index is 0.0699. The second kappa shape index (κ2) is 5.47. The van der Waals surface area contributed by atoms with Gasteiger partial charge in [-0.05, 0) is 19.1 Å². The van der Waals surface area contributed by atoms with Gasteiger partial charge in [-0.15, -0.1) is 0 Å². The number of carbonyl (C=O) groups is 1. The Morgan fingerprint density at radius 1 is 1.58 bits per heavy atom. The lowest BCUT2D eigenvalue weighted by atomic mass is 10.2. The van der Waals surface area contributed by atoms with E-state index in [0.29, 0.717) is 6.54 Å². The topological polar surface area (TPSA) is 80.0 Å². The van der Waals surface area contributed by atoms with E-state index in [1.54, 1.807) is 23.1 Å². The third-order valence-corrected chi connectivity index (χ3v) is 2.52. The first-order chi connectivity index (χ1) is 9.08. The Morgan fingerprint density at radius 3 is 3.00 bits per heavy atom. The Labute approximate surface area is 108 Å². The highest BCUT2D eigenvalue weighted by Gasteiger charge is 2.16. The van der Waals surface area contributed by atoms with Crippen LogP contribution in [0.4, 0.5) is 10.2 Å². The summed E-state index contributed by atoms with van der Waals surface area (Å²) in [6.07, 6.45) is 4.70. The van der Waals surface area contributed by atoms with Crippen LogP contribution in [0.25, 0.3) is 0 Å². The van der Waals surface area contributed by atoms with Gasteiger partial charge in [-0.25, -0.2) is 14.2 Å². The summed E-state index contributed by atoms with van der Waals surface area (Å²) in [5, 5.41) is 15.7. The molecule has 2 rings (SSSR count). The number of rotatable bonds is 5. The number of anilines is 1. The molecule has 0 aliphatic carbocycles. The highest BCUT2D eigenvalue weighted by atomic mass is 19.1. The summed E-state index contributed by atoms with van der Waals surface area (Å²) in [4.78, 5) is 14.6. The summed E-state index contributed by atoms with van der Waals surface area (Å²) in [5.74, 6) is -2.25. The van der Waals surface area contributed by atoms with Gasteiger partial charge in [0.05, 0.1) is 6.54 Å². The van der Waals surface area contributed by atoms with Crippen molar-refractivity contribution < 1.29 is 14.3 Å². The van der Waals surface area contributed by atoms with Crippen molar-refractivity contribution in [3.8, 4) is 0 Å². The maximum absolute atomic E-state index is 13.8. The highest BCUT2D eigenvalue weighted by Crippen LogP contribution is 2.16. The molecule has 19 heavy (non-hydrogen) atoms. The molecule has 0 aliphatic heterocycles. The van der Waals surface area contributed by atoms with Crippen molar-refractivity contribution in [2.75, 3.05) is 5.32 Å². The molecule has 0 fully saturated rings. The summed E-state index contributed by atoms with van der Waals surface area (Å²) in [5.41, 5.74) is -0.399. The number of pyridine rings is 1. The zero-order valence-electron chi connectivity index (χ0n) is 10.2. The predicted molar refractivity (Wildman–Crippen MR) is 66.5 cm³/mol. The van der Waals surface area contributed by atoms with Gasteiger partial charge in [0, 0.05) is 24.6 Å². The summed E-state index contributed by atoms with van der Waals surface area (Å²) in [7, 11) is 0. The lowest BCUT2D eigenvalue weighted by Gasteiger charge is -2.15. The second-order valence-electron chi connectivity index (χ2n) is 4.10. The number of aromatic nitrogens is 3. The highest BCUT2D eigenvalue weighted by molar-refractivity contribution is 5.88. The molecule has 6 nitrogen and oxygen atoms in total. The Balaban J connectivity index is 2.10. The van der Waals surface area contributed by atoms with Crippen LogP contribution < -0.4 is 5.32 Å². The average Bonchev–Trinajstić information content (AvgIpc) is 2.84. The monoisotopic (exact) mass is 264 g/mol. The van der Waals surface area contributed by atoms with E-state index in [4.69, 9.17) is 5.11 Å². The molecule has 0 bridgehead atoms. The second-order valence-corrected chi connectivity index (χ2v) is 4.10. The van der Waals surface area contributed by atoms with Crippen LogP contribution in [0.1, 0.15) is 17.3 Å². The standard InChI is InChI=1S/C12H13FN4O2/c1-8(7-17-6-2-4-15-17)16-11-10(13)9(12(18)19)3-5-14-11/h2-6,8H,7H2,1H3,(H,14,16)(H,18,19). The van der Waals surface area contributed by atoms with Gasteiger partial charge in [-0.1, -0.05) is 0 Å². The van der Waals surface area contributed by atoms with E-state index in [-0.39, 0.29) is 11.9 Å². The van der Waals surface area contributed by atoms with E-state index in [1.807, 2.05) is 6.92 Å². The van der Waals surface area contributed by atoms with Crippen LogP contribution in [-0.2, 0) is 6.54 Å². The molecule has 0 amide bonds. The van der Waals surface area contributed by atoms with Gasteiger partial charge < -0.3 is 10.4 Å². The summed E-state index contributed by atoms with van der Waals surface area (Å²) in [6.45, 7) is 2.35. The fourth-order valence-electron chi connectivity index (χ4n) is 1.68. The fourth-order valence-corrected chi connectivity index (χ4v) is 1.68. The van der Waals surface area contributed by atoms with Crippen LogP contribution >= 0.6 is 0 Å². The smallest absolute Gasteiger partial charge is 0.338 e. The number of aromatic carboxylic acids is 1. The summed E-state index contributed by atoms with van der Waals surface area (Å²) >= 11 is 0. The Bertz CT molecular complexity index is 571. The van der Waals surface area contributed by atoms with Crippen molar-refractivity contribution in [2.45, 2.75) is 19.5 Å². The molecule has 2 aromatic heterocycles. The van der Waals surface area contributed by atoms with E-state index >= 15 is 0 Å². The third-order valence-electron chi connectivity index (χ3n) is 2.52. The van der Waals surface area contributed by atoms with E-state index in [9.17, 15) is 9.18 Å². The number of carboxylic acid groups (broad SMARTS) is 1. The zero-order valence-corrected chi connectivity index (χ0v) is 10.2. The minimum Gasteiger partial charge on any atom is -0.478 e. The van der Waals surface area contributed by atoms with Crippen LogP contribution in [0.3, 0.4) is 0 Å². The SMILES string of the molecule is CC(Cn1cccn1)Nc1nccc(C(=O)O)c1F. The van der Waals surface area contributed by atoms with Crippen molar-refractivity contribution in [3.63, 3.8) is 0 Å². The lowest BCUT2D eigenvalue weighted by Crippen LogP contribution is -2.24. The molecule has 2 N–H and O–H groups in total. The molecule has 2 aromatic rings. The normalized spacial score (nSPS) is 12.1. The van der Waals surface area contributed by atoms with E-state index < -0.39 is 17.3 Å². The first-order valence-corrected chi connectivity index (χ1v) is 5.69.